The van der Waals surface area contributed by atoms with Crippen LogP contribution in [-0.2, 0) is 6.54 Å². The molecular weight excluding hydrogens is 274 g/mol. The number of nitrogens with one attached hydrogen (secondary N) is 1. The predicted octanol–water partition coefficient (Wildman–Crippen LogP) is 1.56. The topological polar surface area (TPSA) is 96.8 Å². The van der Waals surface area contributed by atoms with Crippen molar-refractivity contribution in [3.05, 3.63) is 59.8 Å². The van der Waals surface area contributed by atoms with Crippen LogP contribution in [0.2, 0.25) is 0 Å². The van der Waals surface area contributed by atoms with Crippen LogP contribution >= 0.6 is 0 Å². The molecule has 0 spiro atoms. The lowest BCUT2D eigenvalue weighted by molar-refractivity contribution is 0.0660. The zero-order valence-electron chi connectivity index (χ0n) is 10.8. The highest BCUT2D eigenvalue weighted by molar-refractivity contribution is 6.00. The van der Waals surface area contributed by atoms with E-state index >= 15 is 0 Å². The third-order valence-electron chi connectivity index (χ3n) is 2.97. The number of carboxylic acid groups (broad SMARTS) is 1. The van der Waals surface area contributed by atoms with Gasteiger partial charge in [-0.1, -0.05) is 6.07 Å². The second kappa shape index (κ2) is 5.12. The zero-order valence-corrected chi connectivity index (χ0v) is 10.8. The monoisotopic (exact) mass is 285 g/mol. The minimum absolute atomic E-state index is 0.107. The molecule has 0 saturated heterocycles. The number of aromatic carboxylic acids is 1. The van der Waals surface area contributed by atoms with Crippen LogP contribution in [0, 0.1) is 0 Å². The molecule has 0 saturated carbocycles. The highest BCUT2D eigenvalue weighted by Gasteiger charge is 2.13. The lowest BCUT2D eigenvalue weighted by Gasteiger charge is -2.01. The van der Waals surface area contributed by atoms with Crippen LogP contribution in [-0.4, -0.2) is 26.6 Å². The summed E-state index contributed by atoms with van der Waals surface area (Å²) < 4.78 is 6.67. The normalized spacial score (nSPS) is 10.7. The van der Waals surface area contributed by atoms with Gasteiger partial charge in [0, 0.05) is 6.20 Å². The number of carbonyl (C=O) groups excluding carboxylic acids is 1. The van der Waals surface area contributed by atoms with Crippen molar-refractivity contribution in [1.29, 1.82) is 0 Å². The van der Waals surface area contributed by atoms with Crippen molar-refractivity contribution in [2.75, 3.05) is 0 Å². The van der Waals surface area contributed by atoms with Crippen LogP contribution in [0.3, 0.4) is 0 Å². The Bertz CT molecular complexity index is 818. The van der Waals surface area contributed by atoms with Crippen molar-refractivity contribution in [2.24, 2.45) is 0 Å². The van der Waals surface area contributed by atoms with Crippen molar-refractivity contribution >= 4 is 17.4 Å². The van der Waals surface area contributed by atoms with Gasteiger partial charge in [0.05, 0.1) is 23.8 Å². The average molecular weight is 285 g/mol. The molecule has 0 atom stereocenters. The molecule has 106 valence electrons. The summed E-state index contributed by atoms with van der Waals surface area (Å²) in [6.45, 7) is 0.107. The molecule has 21 heavy (non-hydrogen) atoms. The van der Waals surface area contributed by atoms with E-state index in [1.807, 2.05) is 12.1 Å². The van der Waals surface area contributed by atoms with Gasteiger partial charge in [0.25, 0.3) is 5.91 Å². The third kappa shape index (κ3) is 2.48. The second-order valence-corrected chi connectivity index (χ2v) is 4.34. The fourth-order valence-electron chi connectivity index (χ4n) is 1.96. The van der Waals surface area contributed by atoms with Crippen molar-refractivity contribution in [1.82, 2.24) is 14.9 Å². The fraction of sp³-hybridized carbons (Fsp3) is 0.0714. The molecule has 7 nitrogen and oxygen atoms in total. The van der Waals surface area contributed by atoms with Crippen molar-refractivity contribution < 1.29 is 19.1 Å². The van der Waals surface area contributed by atoms with Gasteiger partial charge in [-0.15, -0.1) is 0 Å². The molecule has 0 fully saturated rings. The van der Waals surface area contributed by atoms with E-state index in [1.54, 1.807) is 16.8 Å². The summed E-state index contributed by atoms with van der Waals surface area (Å²) in [6, 6.07) is 8.29. The molecule has 0 bridgehead atoms. The number of carboxylic acids is 1. The average Bonchev–Trinajstić information content (AvgIpc) is 3.11. The summed E-state index contributed by atoms with van der Waals surface area (Å²) in [5.41, 5.74) is 1.14. The number of hydrogen-bond donors (Lipinski definition) is 2. The van der Waals surface area contributed by atoms with Crippen LogP contribution < -0.4 is 5.32 Å². The van der Waals surface area contributed by atoms with E-state index in [-0.39, 0.29) is 18.2 Å². The van der Waals surface area contributed by atoms with E-state index in [9.17, 15) is 9.59 Å². The Kier molecular flexibility index (Phi) is 3.15. The molecule has 2 N–H and O–H groups in total. The van der Waals surface area contributed by atoms with Gasteiger partial charge in [-0.25, -0.2) is 9.31 Å². The molecule has 3 aromatic rings. The van der Waals surface area contributed by atoms with Gasteiger partial charge in [0.2, 0.25) is 5.76 Å². The minimum Gasteiger partial charge on any atom is -0.475 e. The number of carbonyl (C=O) groups is 2. The summed E-state index contributed by atoms with van der Waals surface area (Å²) >= 11 is 0. The molecule has 0 aliphatic rings. The molecule has 0 aromatic carbocycles. The maximum Gasteiger partial charge on any atom is 0.371 e. The highest BCUT2D eigenvalue weighted by Crippen LogP contribution is 2.11. The lowest BCUT2D eigenvalue weighted by Crippen LogP contribution is -2.22. The van der Waals surface area contributed by atoms with Crippen molar-refractivity contribution in [2.45, 2.75) is 6.54 Å². The van der Waals surface area contributed by atoms with Crippen LogP contribution in [0.5, 0.6) is 0 Å². The van der Waals surface area contributed by atoms with Crippen LogP contribution in [0.15, 0.2) is 47.1 Å². The Morgan fingerprint density at radius 2 is 2.14 bits per heavy atom. The van der Waals surface area contributed by atoms with E-state index in [0.29, 0.717) is 16.8 Å². The first-order valence-electron chi connectivity index (χ1n) is 6.18. The Labute approximate surface area is 118 Å². The summed E-state index contributed by atoms with van der Waals surface area (Å²) in [5.74, 6) is -1.23. The van der Waals surface area contributed by atoms with Gasteiger partial charge in [-0.2, -0.15) is 5.10 Å². The number of fused-ring (bicyclic) bond motifs is 1. The Morgan fingerprint density at radius 3 is 2.90 bits per heavy atom. The summed E-state index contributed by atoms with van der Waals surface area (Å²) in [6.07, 6.45) is 3.23. The maximum absolute atomic E-state index is 12.1. The predicted molar refractivity (Wildman–Crippen MR) is 72.0 cm³/mol. The SMILES string of the molecule is O=C(O)c1ccc(CNC(=O)c2cnn3ccccc23)o1. The third-order valence-corrected chi connectivity index (χ3v) is 2.97. The number of hydrogen-bond acceptors (Lipinski definition) is 4. The van der Waals surface area contributed by atoms with Gasteiger partial charge >= 0.3 is 5.97 Å². The maximum atomic E-state index is 12.1. The van der Waals surface area contributed by atoms with E-state index in [0.717, 1.165) is 0 Å². The Hall–Kier alpha value is -3.09. The zero-order chi connectivity index (χ0) is 14.8. The first-order valence-corrected chi connectivity index (χ1v) is 6.18. The van der Waals surface area contributed by atoms with E-state index in [2.05, 4.69) is 10.4 Å². The summed E-state index contributed by atoms with van der Waals surface area (Å²) in [5, 5.41) is 15.5. The largest absolute Gasteiger partial charge is 0.475 e. The molecule has 3 aromatic heterocycles. The second-order valence-electron chi connectivity index (χ2n) is 4.34. The highest BCUT2D eigenvalue weighted by atomic mass is 16.4. The number of rotatable bonds is 4. The van der Waals surface area contributed by atoms with Gasteiger partial charge < -0.3 is 14.8 Å². The Balaban J connectivity index is 1.72. The molecule has 0 radical (unpaired) electrons. The lowest BCUT2D eigenvalue weighted by atomic mass is 10.2. The number of nitrogens with zero attached hydrogens (tertiary/aromatic N) is 2. The van der Waals surface area contributed by atoms with E-state index in [4.69, 9.17) is 9.52 Å². The van der Waals surface area contributed by atoms with E-state index in [1.165, 1.54) is 18.3 Å². The number of furan rings is 1. The Morgan fingerprint density at radius 1 is 1.29 bits per heavy atom. The molecule has 7 heteroatoms. The van der Waals surface area contributed by atoms with Crippen LogP contribution in [0.4, 0.5) is 0 Å². The first-order chi connectivity index (χ1) is 10.1. The first kappa shape index (κ1) is 12.9. The van der Waals surface area contributed by atoms with Gasteiger partial charge in [0.1, 0.15) is 5.76 Å². The van der Waals surface area contributed by atoms with Crippen LogP contribution in [0.25, 0.3) is 5.52 Å². The molecule has 3 heterocycles. The number of aromatic nitrogens is 2. The van der Waals surface area contributed by atoms with Gasteiger partial charge in [-0.3, -0.25) is 4.79 Å². The summed E-state index contributed by atoms with van der Waals surface area (Å²) in [4.78, 5) is 22.8. The molecule has 0 aliphatic heterocycles. The van der Waals surface area contributed by atoms with Gasteiger partial charge in [-0.05, 0) is 24.3 Å². The number of pyridine rings is 1. The molecule has 1 amide bonds. The molecular formula is C14H11N3O4. The number of amides is 1. The summed E-state index contributed by atoms with van der Waals surface area (Å²) in [7, 11) is 0. The van der Waals surface area contributed by atoms with Gasteiger partial charge in [0.15, 0.2) is 0 Å². The molecule has 0 unspecified atom stereocenters. The smallest absolute Gasteiger partial charge is 0.371 e. The molecule has 0 aliphatic carbocycles. The fourth-order valence-corrected chi connectivity index (χ4v) is 1.96. The van der Waals surface area contributed by atoms with Crippen molar-refractivity contribution in [3.8, 4) is 0 Å². The quantitative estimate of drug-likeness (QED) is 0.758. The van der Waals surface area contributed by atoms with Crippen LogP contribution in [0.1, 0.15) is 26.7 Å². The standard InChI is InChI=1S/C14H11N3O4/c18-13(10-8-16-17-6-2-1-3-11(10)17)15-7-9-4-5-12(21-9)14(19)20/h1-6,8H,7H2,(H,15,18)(H,19,20). The molecule has 3 rings (SSSR count). The van der Waals surface area contributed by atoms with E-state index < -0.39 is 5.97 Å². The van der Waals surface area contributed by atoms with Crippen molar-refractivity contribution in [3.63, 3.8) is 0 Å². The minimum atomic E-state index is -1.14.